The van der Waals surface area contributed by atoms with Crippen LogP contribution in [0.25, 0.3) is 0 Å². The molecule has 1 aliphatic heterocycles. The van der Waals surface area contributed by atoms with E-state index in [4.69, 9.17) is 0 Å². The van der Waals surface area contributed by atoms with Crippen LogP contribution in [0.15, 0.2) is 16.6 Å². The van der Waals surface area contributed by atoms with Crippen molar-refractivity contribution in [3.8, 4) is 0 Å². The molecule has 0 amide bonds. The lowest BCUT2D eigenvalue weighted by molar-refractivity contribution is 0.0804. The van der Waals surface area contributed by atoms with E-state index in [2.05, 4.69) is 26.1 Å². The number of hydrogen-bond acceptors (Lipinski definition) is 2. The van der Waals surface area contributed by atoms with Crippen LogP contribution in [-0.2, 0) is 0 Å². The van der Waals surface area contributed by atoms with Crippen molar-refractivity contribution < 1.29 is 8.78 Å². The Bertz CT molecular complexity index is 466. The lowest BCUT2D eigenvalue weighted by Crippen LogP contribution is -2.48. The van der Waals surface area contributed by atoms with E-state index in [0.29, 0.717) is 4.47 Å². The van der Waals surface area contributed by atoms with Gasteiger partial charge in [-0.2, -0.15) is 0 Å². The molecule has 1 atom stereocenters. The van der Waals surface area contributed by atoms with Crippen LogP contribution in [0.2, 0.25) is 0 Å². The number of rotatable bonds is 2. The highest BCUT2D eigenvalue weighted by Crippen LogP contribution is 2.41. The highest BCUT2D eigenvalue weighted by atomic mass is 79.9. The van der Waals surface area contributed by atoms with Gasteiger partial charge in [0.15, 0.2) is 0 Å². The molecular formula is C15H23BrCl2F2N2. The second kappa shape index (κ2) is 8.78. The Labute approximate surface area is 152 Å². The molecule has 1 heterocycles. The van der Waals surface area contributed by atoms with Gasteiger partial charge < -0.3 is 5.32 Å². The molecule has 128 valence electrons. The van der Waals surface area contributed by atoms with Crippen LogP contribution in [0, 0.1) is 17.0 Å². The van der Waals surface area contributed by atoms with E-state index in [0.717, 1.165) is 26.2 Å². The van der Waals surface area contributed by atoms with Gasteiger partial charge in [-0.25, -0.2) is 8.78 Å². The van der Waals surface area contributed by atoms with Crippen molar-refractivity contribution in [1.29, 1.82) is 0 Å². The maximum absolute atomic E-state index is 14.3. The van der Waals surface area contributed by atoms with Crippen LogP contribution < -0.4 is 5.32 Å². The van der Waals surface area contributed by atoms with Crippen LogP contribution >= 0.6 is 40.7 Å². The quantitative estimate of drug-likeness (QED) is 0.755. The molecule has 0 aromatic heterocycles. The normalized spacial score (nSPS) is 17.4. The summed E-state index contributed by atoms with van der Waals surface area (Å²) in [6.07, 6.45) is 0. The van der Waals surface area contributed by atoms with Crippen LogP contribution in [0.4, 0.5) is 8.78 Å². The van der Waals surface area contributed by atoms with Crippen LogP contribution in [0.3, 0.4) is 0 Å². The van der Waals surface area contributed by atoms with E-state index in [-0.39, 0.29) is 41.8 Å². The molecule has 0 saturated carbocycles. The van der Waals surface area contributed by atoms with Crippen molar-refractivity contribution >= 4 is 40.7 Å². The molecule has 7 heteroatoms. The van der Waals surface area contributed by atoms with E-state index in [1.165, 1.54) is 12.1 Å². The number of benzene rings is 1. The number of nitrogens with one attached hydrogen (secondary N) is 1. The van der Waals surface area contributed by atoms with Gasteiger partial charge in [0.1, 0.15) is 11.6 Å². The first kappa shape index (κ1) is 22.1. The van der Waals surface area contributed by atoms with Crippen molar-refractivity contribution in [3.63, 3.8) is 0 Å². The van der Waals surface area contributed by atoms with Gasteiger partial charge >= 0.3 is 0 Å². The average molecular weight is 420 g/mol. The predicted octanol–water partition coefficient (Wildman–Crippen LogP) is 4.56. The molecule has 1 saturated heterocycles. The zero-order valence-corrected chi connectivity index (χ0v) is 16.2. The van der Waals surface area contributed by atoms with Gasteiger partial charge in [-0.1, -0.05) is 36.7 Å². The Kier molecular flexibility index (Phi) is 8.81. The molecule has 0 bridgehead atoms. The van der Waals surface area contributed by atoms with Crippen molar-refractivity contribution in [3.05, 3.63) is 33.8 Å². The summed E-state index contributed by atoms with van der Waals surface area (Å²) in [4.78, 5) is 2.17. The second-order valence-corrected chi connectivity index (χ2v) is 7.25. The maximum atomic E-state index is 14.3. The minimum absolute atomic E-state index is 0. The molecular weight excluding hydrogens is 397 g/mol. The molecule has 22 heavy (non-hydrogen) atoms. The molecule has 1 N–H and O–H groups in total. The van der Waals surface area contributed by atoms with E-state index in [1.54, 1.807) is 0 Å². The third-order valence-corrected chi connectivity index (χ3v) is 4.11. The fourth-order valence-corrected chi connectivity index (χ4v) is 3.32. The number of hydrogen-bond donors (Lipinski definition) is 1. The topological polar surface area (TPSA) is 15.3 Å². The highest BCUT2D eigenvalue weighted by molar-refractivity contribution is 9.10. The molecule has 0 spiro atoms. The highest BCUT2D eigenvalue weighted by Gasteiger charge is 2.36. The van der Waals surface area contributed by atoms with Gasteiger partial charge in [0.25, 0.3) is 0 Å². The molecule has 0 unspecified atom stereocenters. The number of piperazine rings is 1. The van der Waals surface area contributed by atoms with Gasteiger partial charge in [-0.3, -0.25) is 4.90 Å². The molecule has 0 aliphatic carbocycles. The van der Waals surface area contributed by atoms with Gasteiger partial charge in [0.2, 0.25) is 0 Å². The van der Waals surface area contributed by atoms with Crippen molar-refractivity contribution in [2.45, 2.75) is 26.8 Å². The summed E-state index contributed by atoms with van der Waals surface area (Å²) in [6, 6.07) is 2.43. The summed E-state index contributed by atoms with van der Waals surface area (Å²) in [5.41, 5.74) is -0.0602. The van der Waals surface area contributed by atoms with Crippen molar-refractivity contribution in [2.24, 2.45) is 5.41 Å². The summed E-state index contributed by atoms with van der Waals surface area (Å²) in [5, 5.41) is 3.27. The maximum Gasteiger partial charge on any atom is 0.132 e. The lowest BCUT2D eigenvalue weighted by Gasteiger charge is -2.42. The monoisotopic (exact) mass is 418 g/mol. The van der Waals surface area contributed by atoms with Gasteiger partial charge in [0, 0.05) is 42.3 Å². The number of nitrogens with zero attached hydrogens (tertiary/aromatic N) is 1. The predicted molar refractivity (Wildman–Crippen MR) is 95.2 cm³/mol. The molecule has 2 rings (SSSR count). The molecule has 1 aromatic carbocycles. The summed E-state index contributed by atoms with van der Waals surface area (Å²) in [5.74, 6) is -0.953. The summed E-state index contributed by atoms with van der Waals surface area (Å²) in [6.45, 7) is 9.40. The summed E-state index contributed by atoms with van der Waals surface area (Å²) < 4.78 is 29.1. The fourth-order valence-electron chi connectivity index (χ4n) is 2.92. The largest absolute Gasteiger partial charge is 0.314 e. The molecule has 1 aromatic rings. The van der Waals surface area contributed by atoms with E-state index in [9.17, 15) is 8.78 Å². The Morgan fingerprint density at radius 2 is 1.55 bits per heavy atom. The Balaban J connectivity index is 0.00000220. The Morgan fingerprint density at radius 1 is 1.09 bits per heavy atom. The third-order valence-electron chi connectivity index (χ3n) is 3.65. The second-order valence-electron chi connectivity index (χ2n) is 6.34. The van der Waals surface area contributed by atoms with Gasteiger partial charge in [-0.15, -0.1) is 24.8 Å². The first-order chi connectivity index (χ1) is 9.30. The first-order valence-corrected chi connectivity index (χ1v) is 7.69. The number of halogens is 5. The minimum Gasteiger partial charge on any atom is -0.314 e. The summed E-state index contributed by atoms with van der Waals surface area (Å²) in [7, 11) is 0. The standard InChI is InChI=1S/C15H21BrF2N2.2ClH/c1-15(2,3)14(20-6-4-19-5-7-20)13-11(17)8-10(16)9-12(13)18;;/h8-9,14,19H,4-7H2,1-3H3;2*1H/t14-;;/m0../s1. The van der Waals surface area contributed by atoms with Gasteiger partial charge in [-0.05, 0) is 17.5 Å². The molecule has 1 aliphatic rings. The Morgan fingerprint density at radius 3 is 1.95 bits per heavy atom. The fraction of sp³-hybridized carbons (Fsp3) is 0.600. The molecule has 1 fully saturated rings. The zero-order chi connectivity index (χ0) is 14.9. The average Bonchev–Trinajstić information content (AvgIpc) is 2.33. The van der Waals surface area contributed by atoms with E-state index >= 15 is 0 Å². The van der Waals surface area contributed by atoms with Crippen LogP contribution in [0.1, 0.15) is 32.4 Å². The Hall–Kier alpha value is 0.0600. The lowest BCUT2D eigenvalue weighted by atomic mass is 9.80. The molecule has 0 radical (unpaired) electrons. The van der Waals surface area contributed by atoms with Crippen molar-refractivity contribution in [2.75, 3.05) is 26.2 Å². The van der Waals surface area contributed by atoms with E-state index in [1.807, 2.05) is 20.8 Å². The summed E-state index contributed by atoms with van der Waals surface area (Å²) >= 11 is 3.14. The van der Waals surface area contributed by atoms with E-state index < -0.39 is 11.6 Å². The molecule has 2 nitrogen and oxygen atoms in total. The minimum atomic E-state index is -0.477. The van der Waals surface area contributed by atoms with Crippen molar-refractivity contribution in [1.82, 2.24) is 10.2 Å². The van der Waals surface area contributed by atoms with Gasteiger partial charge in [0.05, 0.1) is 0 Å². The van der Waals surface area contributed by atoms with Crippen LogP contribution in [0.5, 0.6) is 0 Å². The van der Waals surface area contributed by atoms with Crippen LogP contribution in [-0.4, -0.2) is 31.1 Å². The zero-order valence-electron chi connectivity index (χ0n) is 13.0. The third kappa shape index (κ3) is 5.03. The first-order valence-electron chi connectivity index (χ1n) is 6.90. The smallest absolute Gasteiger partial charge is 0.132 e. The SMILES string of the molecule is CC(C)(C)[C@H](c1c(F)cc(Br)cc1F)N1CCNCC1.Cl.Cl.